The van der Waals surface area contributed by atoms with E-state index in [1.54, 1.807) is 7.11 Å². The van der Waals surface area contributed by atoms with Crippen LogP contribution in [-0.4, -0.2) is 28.2 Å². The van der Waals surface area contributed by atoms with E-state index in [2.05, 4.69) is 20.7 Å². The molecule has 0 bridgehead atoms. The van der Waals surface area contributed by atoms with Crippen LogP contribution in [0.4, 0.5) is 0 Å². The third kappa shape index (κ3) is 1.98. The van der Waals surface area contributed by atoms with Gasteiger partial charge in [-0.1, -0.05) is 0 Å². The van der Waals surface area contributed by atoms with Crippen LogP contribution < -0.4 is 10.5 Å². The summed E-state index contributed by atoms with van der Waals surface area (Å²) in [4.78, 5) is 8.90. The molecule has 0 saturated heterocycles. The molecule has 0 spiro atoms. The average Bonchev–Trinajstić information content (AvgIpc) is 3.16. The molecule has 1 unspecified atom stereocenters. The Morgan fingerprint density at radius 1 is 1.47 bits per heavy atom. The molecule has 2 N–H and O–H groups in total. The third-order valence-corrected chi connectivity index (χ3v) is 4.02. The molecule has 0 aliphatic heterocycles. The minimum absolute atomic E-state index is 0.405. The first kappa shape index (κ1) is 12.4. The lowest BCUT2D eigenvalue weighted by molar-refractivity contribution is 0.380. The second-order valence-corrected chi connectivity index (χ2v) is 5.37. The summed E-state index contributed by atoms with van der Waals surface area (Å²) in [6.07, 6.45) is 4.71. The van der Waals surface area contributed by atoms with Crippen molar-refractivity contribution in [1.29, 1.82) is 0 Å². The fraction of sp³-hybridized carbons (Fsp3) is 0.571. The van der Waals surface area contributed by atoms with Crippen molar-refractivity contribution in [3.05, 3.63) is 17.5 Å². The number of methoxy groups -OCH3 is 1. The summed E-state index contributed by atoms with van der Waals surface area (Å²) < 4.78 is 7.30. The molecule has 0 aromatic carbocycles. The van der Waals surface area contributed by atoms with Crippen LogP contribution in [0.1, 0.15) is 30.0 Å². The van der Waals surface area contributed by atoms with Crippen molar-refractivity contribution in [2.45, 2.75) is 25.7 Å². The van der Waals surface area contributed by atoms with E-state index >= 15 is 0 Å². The molecule has 1 aliphatic carbocycles. The monoisotopic (exact) mass is 260 g/mol. The van der Waals surface area contributed by atoms with Crippen LogP contribution in [0.15, 0.2) is 6.20 Å². The van der Waals surface area contributed by atoms with Gasteiger partial charge in [-0.3, -0.25) is 0 Å². The largest absolute Gasteiger partial charge is 0.467 e. The minimum Gasteiger partial charge on any atom is -0.467 e. The number of rotatable bonds is 4. The fourth-order valence-corrected chi connectivity index (χ4v) is 2.93. The van der Waals surface area contributed by atoms with Gasteiger partial charge in [-0.05, 0) is 32.2 Å². The Hall–Kier alpha value is -1.62. The maximum absolute atomic E-state index is 5.97. The number of fused-ring (bicyclic) bond motifs is 1. The van der Waals surface area contributed by atoms with Gasteiger partial charge in [0.05, 0.1) is 23.8 Å². The first-order chi connectivity index (χ1) is 9.15. The normalized spacial score (nSPS) is 16.8. The molecular formula is C14H20N4O. The van der Waals surface area contributed by atoms with E-state index in [1.165, 1.54) is 18.4 Å². The maximum atomic E-state index is 5.97. The van der Waals surface area contributed by atoms with E-state index in [-0.39, 0.29) is 0 Å². The van der Waals surface area contributed by atoms with E-state index < -0.39 is 0 Å². The van der Waals surface area contributed by atoms with E-state index in [9.17, 15) is 0 Å². The number of hydrogen-bond acceptors (Lipinski definition) is 4. The van der Waals surface area contributed by atoms with Gasteiger partial charge in [0.2, 0.25) is 0 Å². The molecule has 5 nitrogen and oxygen atoms in total. The van der Waals surface area contributed by atoms with Crippen LogP contribution >= 0.6 is 0 Å². The lowest BCUT2D eigenvalue weighted by Crippen LogP contribution is -2.14. The van der Waals surface area contributed by atoms with Crippen molar-refractivity contribution >= 4 is 11.0 Å². The van der Waals surface area contributed by atoms with Gasteiger partial charge < -0.3 is 15.0 Å². The Kier molecular flexibility index (Phi) is 2.93. The standard InChI is InChI=1S/C14H20N4O/c1-8-13-12(17-14(16-8)19-3)11(7-18(13)2)10(6-15)9-4-5-9/h7,9-10H,4-6,15H2,1-3H3. The van der Waals surface area contributed by atoms with Gasteiger partial charge in [-0.15, -0.1) is 0 Å². The van der Waals surface area contributed by atoms with Crippen molar-refractivity contribution in [2.24, 2.45) is 18.7 Å². The number of nitrogens with two attached hydrogens (primary N) is 1. The highest BCUT2D eigenvalue weighted by molar-refractivity contribution is 5.82. The Morgan fingerprint density at radius 2 is 2.21 bits per heavy atom. The number of hydrogen-bond donors (Lipinski definition) is 1. The van der Waals surface area contributed by atoms with Gasteiger partial charge in [0.15, 0.2) is 0 Å². The molecule has 19 heavy (non-hydrogen) atoms. The summed E-state index contributed by atoms with van der Waals surface area (Å²) in [6.45, 7) is 2.67. The number of aryl methyl sites for hydroxylation is 2. The van der Waals surface area contributed by atoms with Crippen LogP contribution in [0, 0.1) is 12.8 Å². The summed E-state index contributed by atoms with van der Waals surface area (Å²) in [5, 5.41) is 0. The third-order valence-electron chi connectivity index (χ3n) is 4.02. The SMILES string of the molecule is COc1nc(C)c2c(n1)c(C(CN)C1CC1)cn2C. The van der Waals surface area contributed by atoms with Gasteiger partial charge in [-0.2, -0.15) is 9.97 Å². The molecule has 1 fully saturated rings. The van der Waals surface area contributed by atoms with Gasteiger partial charge >= 0.3 is 6.01 Å². The molecule has 3 rings (SSSR count). The topological polar surface area (TPSA) is 66.0 Å². The molecule has 102 valence electrons. The Labute approximate surface area is 112 Å². The summed E-state index contributed by atoms with van der Waals surface area (Å²) >= 11 is 0. The van der Waals surface area contributed by atoms with Crippen molar-refractivity contribution in [1.82, 2.24) is 14.5 Å². The predicted octanol–water partition coefficient (Wildman–Crippen LogP) is 1.74. The lowest BCUT2D eigenvalue weighted by Gasteiger charge is -2.12. The summed E-state index contributed by atoms with van der Waals surface area (Å²) in [6, 6.07) is 0.434. The van der Waals surface area contributed by atoms with Crippen molar-refractivity contribution < 1.29 is 4.74 Å². The molecule has 1 aliphatic rings. The van der Waals surface area contributed by atoms with Crippen LogP contribution in [0.5, 0.6) is 6.01 Å². The van der Waals surface area contributed by atoms with Crippen molar-refractivity contribution in [2.75, 3.05) is 13.7 Å². The summed E-state index contributed by atoms with van der Waals surface area (Å²) in [5.41, 5.74) is 10.2. The zero-order valence-electron chi connectivity index (χ0n) is 11.7. The zero-order valence-corrected chi connectivity index (χ0v) is 11.7. The fourth-order valence-electron chi connectivity index (χ4n) is 2.93. The Bertz CT molecular complexity index is 615. The minimum atomic E-state index is 0.405. The van der Waals surface area contributed by atoms with Crippen molar-refractivity contribution in [3.8, 4) is 6.01 Å². The Balaban J connectivity index is 2.21. The van der Waals surface area contributed by atoms with E-state index in [0.717, 1.165) is 22.6 Å². The van der Waals surface area contributed by atoms with Crippen LogP contribution in [0.2, 0.25) is 0 Å². The van der Waals surface area contributed by atoms with Crippen molar-refractivity contribution in [3.63, 3.8) is 0 Å². The molecule has 5 heteroatoms. The van der Waals surface area contributed by atoms with Gasteiger partial charge in [0.1, 0.15) is 0 Å². The number of nitrogens with zero attached hydrogens (tertiary/aromatic N) is 3. The molecule has 2 aromatic rings. The molecule has 1 atom stereocenters. The second-order valence-electron chi connectivity index (χ2n) is 5.37. The maximum Gasteiger partial charge on any atom is 0.317 e. The Morgan fingerprint density at radius 3 is 2.79 bits per heavy atom. The number of aromatic nitrogens is 3. The summed E-state index contributed by atoms with van der Waals surface area (Å²) in [5.74, 6) is 1.12. The highest BCUT2D eigenvalue weighted by Gasteiger charge is 2.33. The predicted molar refractivity (Wildman–Crippen MR) is 74.3 cm³/mol. The first-order valence-corrected chi connectivity index (χ1v) is 6.73. The number of ether oxygens (including phenoxy) is 1. The van der Waals surface area contributed by atoms with Crippen LogP contribution in [-0.2, 0) is 7.05 Å². The molecule has 1 saturated carbocycles. The van der Waals surface area contributed by atoms with Gasteiger partial charge in [-0.25, -0.2) is 0 Å². The van der Waals surface area contributed by atoms with Crippen LogP contribution in [0.25, 0.3) is 11.0 Å². The smallest absolute Gasteiger partial charge is 0.317 e. The molecule has 0 amide bonds. The quantitative estimate of drug-likeness (QED) is 0.909. The molecular weight excluding hydrogens is 240 g/mol. The van der Waals surface area contributed by atoms with Crippen LogP contribution in [0.3, 0.4) is 0 Å². The van der Waals surface area contributed by atoms with E-state index in [1.807, 2.05) is 14.0 Å². The van der Waals surface area contributed by atoms with Gasteiger partial charge in [0.25, 0.3) is 0 Å². The lowest BCUT2D eigenvalue weighted by atomic mass is 9.96. The average molecular weight is 260 g/mol. The first-order valence-electron chi connectivity index (χ1n) is 6.73. The summed E-state index contributed by atoms with van der Waals surface area (Å²) in [7, 11) is 3.64. The van der Waals surface area contributed by atoms with E-state index in [4.69, 9.17) is 10.5 Å². The molecule has 2 aromatic heterocycles. The molecule has 2 heterocycles. The highest BCUT2D eigenvalue weighted by atomic mass is 16.5. The zero-order chi connectivity index (χ0) is 13.6. The second kappa shape index (κ2) is 4.49. The van der Waals surface area contributed by atoms with E-state index in [0.29, 0.717) is 18.5 Å². The molecule has 0 radical (unpaired) electrons. The highest BCUT2D eigenvalue weighted by Crippen LogP contribution is 2.44. The van der Waals surface area contributed by atoms with Gasteiger partial charge in [0, 0.05) is 24.7 Å².